The van der Waals surface area contributed by atoms with E-state index >= 15 is 0 Å². The third-order valence-electron chi connectivity index (χ3n) is 6.26. The van der Waals surface area contributed by atoms with Gasteiger partial charge in [-0.25, -0.2) is 9.37 Å². The first kappa shape index (κ1) is 24.4. The van der Waals surface area contributed by atoms with E-state index in [2.05, 4.69) is 68.7 Å². The first-order chi connectivity index (χ1) is 17.0. The molecule has 3 aromatic rings. The van der Waals surface area contributed by atoms with Gasteiger partial charge in [0.05, 0.1) is 6.20 Å². The predicted octanol–water partition coefficient (Wildman–Crippen LogP) is 4.84. The van der Waals surface area contributed by atoms with Gasteiger partial charge >= 0.3 is 0 Å². The van der Waals surface area contributed by atoms with E-state index in [0.29, 0.717) is 6.54 Å². The average Bonchev–Trinajstić information content (AvgIpc) is 3.31. The Morgan fingerprint density at radius 3 is 2.60 bits per heavy atom. The lowest BCUT2D eigenvalue weighted by Gasteiger charge is -2.35. The van der Waals surface area contributed by atoms with Crippen molar-refractivity contribution >= 4 is 23.7 Å². The minimum Gasteiger partial charge on any atom is -0.359 e. The predicted molar refractivity (Wildman–Crippen MR) is 143 cm³/mol. The number of alkyl halides is 1. The zero-order valence-electron chi connectivity index (χ0n) is 20.5. The number of allylic oxidation sites excluding steroid dienone is 1. The summed E-state index contributed by atoms with van der Waals surface area (Å²) in [6, 6.07) is 10.3. The van der Waals surface area contributed by atoms with E-state index in [-0.39, 0.29) is 6.67 Å². The van der Waals surface area contributed by atoms with Gasteiger partial charge in [-0.05, 0) is 47.9 Å². The van der Waals surface area contributed by atoms with Crippen molar-refractivity contribution in [1.82, 2.24) is 25.0 Å². The fraction of sp³-hybridized carbons (Fsp3) is 0.286. The molecule has 6 nitrogen and oxygen atoms in total. The van der Waals surface area contributed by atoms with Crippen molar-refractivity contribution in [1.29, 1.82) is 0 Å². The van der Waals surface area contributed by atoms with E-state index < -0.39 is 0 Å². The second-order valence-corrected chi connectivity index (χ2v) is 8.80. The van der Waals surface area contributed by atoms with Gasteiger partial charge in [0.2, 0.25) is 0 Å². The van der Waals surface area contributed by atoms with Crippen LogP contribution < -0.4 is 10.2 Å². The number of pyridine rings is 1. The summed E-state index contributed by atoms with van der Waals surface area (Å²) < 4.78 is 14.4. The Hall–Kier alpha value is -3.71. The molecule has 1 N–H and O–H groups in total. The number of aryl methyl sites for hydroxylation is 1. The van der Waals surface area contributed by atoms with E-state index in [9.17, 15) is 4.39 Å². The van der Waals surface area contributed by atoms with Crippen molar-refractivity contribution in [2.24, 2.45) is 7.05 Å². The lowest BCUT2D eigenvalue weighted by molar-refractivity contribution is 0.235. The monoisotopic (exact) mass is 472 g/mol. The van der Waals surface area contributed by atoms with Crippen LogP contribution in [-0.2, 0) is 7.05 Å². The second kappa shape index (κ2) is 11.1. The van der Waals surface area contributed by atoms with Crippen LogP contribution in [0, 0.1) is 0 Å². The molecule has 1 aliphatic heterocycles. The summed E-state index contributed by atoms with van der Waals surface area (Å²) >= 11 is 0. The van der Waals surface area contributed by atoms with Crippen LogP contribution in [0.15, 0.2) is 67.8 Å². The molecule has 35 heavy (non-hydrogen) atoms. The second-order valence-electron chi connectivity index (χ2n) is 8.80. The molecule has 2 aromatic heterocycles. The van der Waals surface area contributed by atoms with E-state index in [1.807, 2.05) is 44.7 Å². The Kier molecular flexibility index (Phi) is 7.77. The molecule has 1 fully saturated rings. The van der Waals surface area contributed by atoms with Gasteiger partial charge in [-0.15, -0.1) is 0 Å². The number of piperazine rings is 1. The van der Waals surface area contributed by atoms with Gasteiger partial charge in [0.25, 0.3) is 0 Å². The van der Waals surface area contributed by atoms with Crippen LogP contribution in [0.1, 0.15) is 23.6 Å². The normalized spacial score (nSPS) is 14.7. The number of aromatic nitrogens is 3. The minimum atomic E-state index is -0.297. The molecule has 0 atom stereocenters. The number of anilines is 1. The highest BCUT2D eigenvalue weighted by Crippen LogP contribution is 2.25. The summed E-state index contributed by atoms with van der Waals surface area (Å²) in [4.78, 5) is 8.95. The van der Waals surface area contributed by atoms with Crippen molar-refractivity contribution in [2.45, 2.75) is 6.92 Å². The molecule has 7 heteroatoms. The van der Waals surface area contributed by atoms with Crippen LogP contribution in [-0.4, -0.2) is 59.1 Å². The van der Waals surface area contributed by atoms with Gasteiger partial charge in [-0.2, -0.15) is 5.10 Å². The summed E-state index contributed by atoms with van der Waals surface area (Å²) in [6.07, 6.45) is 9.66. The number of halogens is 1. The maximum absolute atomic E-state index is 12.6. The molecular weight excluding hydrogens is 439 g/mol. The Morgan fingerprint density at radius 2 is 1.91 bits per heavy atom. The number of hydrogen-bond acceptors (Lipinski definition) is 5. The quantitative estimate of drug-likeness (QED) is 0.483. The zero-order valence-corrected chi connectivity index (χ0v) is 20.5. The molecule has 4 rings (SSSR count). The highest BCUT2D eigenvalue weighted by molar-refractivity contribution is 5.74. The SMILES string of the molecule is C=Cc1ccc(-c2cnn(C)c2)cc1/C=C(\C)NC(=C)c1ccnc(N2CCN(CCF)CC2)c1. The maximum atomic E-state index is 12.6. The van der Waals surface area contributed by atoms with E-state index in [1.165, 1.54) is 0 Å². The van der Waals surface area contributed by atoms with Gasteiger partial charge in [0, 0.05) is 74.7 Å². The molecule has 0 spiro atoms. The average molecular weight is 473 g/mol. The van der Waals surface area contributed by atoms with E-state index in [4.69, 9.17) is 0 Å². The minimum absolute atomic E-state index is 0.297. The van der Waals surface area contributed by atoms with E-state index in [1.54, 1.807) is 4.68 Å². The van der Waals surface area contributed by atoms with Gasteiger partial charge in [0.1, 0.15) is 12.5 Å². The molecule has 3 heterocycles. The number of rotatable bonds is 9. The lowest BCUT2D eigenvalue weighted by Crippen LogP contribution is -2.47. The van der Waals surface area contributed by atoms with Crippen molar-refractivity contribution in [3.63, 3.8) is 0 Å². The van der Waals surface area contributed by atoms with Gasteiger partial charge in [0.15, 0.2) is 0 Å². The standard InChI is InChI=1S/C28H33FN6/c1-5-23-6-7-25(27-19-31-33(4)20-27)17-26(23)16-21(2)32-22(3)24-8-10-30-28(18-24)35-14-12-34(11-9-29)13-15-35/h5-8,10,16-20,32H,1,3,9,11-15H2,2,4H3/b21-16+. The molecule has 1 saturated heterocycles. The molecule has 0 radical (unpaired) electrons. The molecule has 0 unspecified atom stereocenters. The van der Waals surface area contributed by atoms with Crippen molar-refractivity contribution in [3.8, 4) is 11.1 Å². The number of nitrogens with one attached hydrogen (secondary N) is 1. The van der Waals surface area contributed by atoms with Crippen LogP contribution in [0.2, 0.25) is 0 Å². The number of hydrogen-bond donors (Lipinski definition) is 1. The fourth-order valence-electron chi connectivity index (χ4n) is 4.31. The third kappa shape index (κ3) is 6.05. The van der Waals surface area contributed by atoms with Crippen molar-refractivity contribution in [3.05, 3.63) is 84.5 Å². The Morgan fingerprint density at radius 1 is 1.11 bits per heavy atom. The number of benzene rings is 1. The molecule has 1 aliphatic rings. The third-order valence-corrected chi connectivity index (χ3v) is 6.26. The highest BCUT2D eigenvalue weighted by Gasteiger charge is 2.18. The highest BCUT2D eigenvalue weighted by atomic mass is 19.1. The summed E-state index contributed by atoms with van der Waals surface area (Å²) in [6.45, 7) is 13.8. The fourth-order valence-corrected chi connectivity index (χ4v) is 4.31. The molecule has 0 amide bonds. The smallest absolute Gasteiger partial charge is 0.129 e. The van der Waals surface area contributed by atoms with Crippen LogP contribution in [0.25, 0.3) is 29.0 Å². The summed E-state index contributed by atoms with van der Waals surface area (Å²) in [5.74, 6) is 0.921. The van der Waals surface area contributed by atoms with Crippen molar-refractivity contribution in [2.75, 3.05) is 44.3 Å². The van der Waals surface area contributed by atoms with Crippen LogP contribution in [0.4, 0.5) is 10.2 Å². The Balaban J connectivity index is 1.47. The summed E-state index contributed by atoms with van der Waals surface area (Å²) in [5.41, 5.74) is 7.07. The molecule has 0 saturated carbocycles. The molecule has 182 valence electrons. The Labute approximate surface area is 207 Å². The van der Waals surface area contributed by atoms with Crippen LogP contribution in [0.3, 0.4) is 0 Å². The van der Waals surface area contributed by atoms with Crippen molar-refractivity contribution < 1.29 is 4.39 Å². The summed E-state index contributed by atoms with van der Waals surface area (Å²) in [7, 11) is 1.92. The van der Waals surface area contributed by atoms with E-state index in [0.717, 1.165) is 71.2 Å². The molecule has 0 bridgehead atoms. The molecular formula is C28H33FN6. The van der Waals surface area contributed by atoms with Crippen LogP contribution in [0.5, 0.6) is 0 Å². The molecule has 0 aliphatic carbocycles. The maximum Gasteiger partial charge on any atom is 0.129 e. The topological polar surface area (TPSA) is 49.2 Å². The largest absolute Gasteiger partial charge is 0.359 e. The first-order valence-corrected chi connectivity index (χ1v) is 11.9. The summed E-state index contributed by atoms with van der Waals surface area (Å²) in [5, 5.41) is 7.72. The first-order valence-electron chi connectivity index (χ1n) is 11.9. The molecule has 1 aromatic carbocycles. The number of nitrogens with zero attached hydrogens (tertiary/aromatic N) is 5. The van der Waals surface area contributed by atoms with Gasteiger partial charge in [-0.1, -0.05) is 31.4 Å². The zero-order chi connectivity index (χ0) is 24.8. The van der Waals surface area contributed by atoms with Crippen LogP contribution >= 0.6 is 0 Å². The Bertz CT molecular complexity index is 1220. The van der Waals surface area contributed by atoms with Gasteiger partial charge in [-0.3, -0.25) is 9.58 Å². The van der Waals surface area contributed by atoms with Gasteiger partial charge < -0.3 is 10.2 Å². The lowest BCUT2D eigenvalue weighted by atomic mass is 10.00.